The maximum atomic E-state index is 13.4. The maximum Gasteiger partial charge on any atom is 0.126 e. The van der Waals surface area contributed by atoms with Crippen LogP contribution in [0.25, 0.3) is 0 Å². The molecule has 100 valence electrons. The van der Waals surface area contributed by atoms with Crippen LogP contribution in [-0.4, -0.2) is 31.6 Å². The Morgan fingerprint density at radius 3 is 2.83 bits per heavy atom. The average Bonchev–Trinajstić information content (AvgIpc) is 2.76. The Morgan fingerprint density at radius 1 is 1.44 bits per heavy atom. The van der Waals surface area contributed by atoms with Crippen LogP contribution in [0.2, 0.25) is 0 Å². The number of aryl methyl sites for hydroxylation is 1. The molecule has 2 nitrogen and oxygen atoms in total. The van der Waals surface area contributed by atoms with Crippen LogP contribution in [0.4, 0.5) is 4.39 Å². The molecule has 1 fully saturated rings. The lowest BCUT2D eigenvalue weighted by Crippen LogP contribution is -2.29. The second kappa shape index (κ2) is 5.81. The molecule has 0 amide bonds. The van der Waals surface area contributed by atoms with Crippen molar-refractivity contribution in [3.63, 3.8) is 0 Å². The molecular weight excluding hydrogens is 227 g/mol. The Bertz CT molecular complexity index is 405. The first-order valence-corrected chi connectivity index (χ1v) is 6.82. The molecule has 18 heavy (non-hydrogen) atoms. The highest BCUT2D eigenvalue weighted by molar-refractivity contribution is 5.28. The van der Waals surface area contributed by atoms with Crippen molar-refractivity contribution in [2.45, 2.75) is 26.3 Å². The molecule has 1 aromatic rings. The number of halogens is 1. The van der Waals surface area contributed by atoms with Crippen LogP contribution in [-0.2, 0) is 0 Å². The molecule has 1 aromatic carbocycles. The van der Waals surface area contributed by atoms with Gasteiger partial charge in [0.2, 0.25) is 0 Å². The zero-order valence-corrected chi connectivity index (χ0v) is 11.5. The van der Waals surface area contributed by atoms with Gasteiger partial charge in [-0.25, -0.2) is 4.39 Å². The van der Waals surface area contributed by atoms with Gasteiger partial charge in [-0.15, -0.1) is 0 Å². The van der Waals surface area contributed by atoms with Gasteiger partial charge in [-0.2, -0.15) is 0 Å². The molecule has 0 aromatic heterocycles. The number of rotatable bonds is 4. The van der Waals surface area contributed by atoms with E-state index in [-0.39, 0.29) is 5.82 Å². The second-order valence-corrected chi connectivity index (χ2v) is 5.19. The van der Waals surface area contributed by atoms with E-state index in [9.17, 15) is 4.39 Å². The van der Waals surface area contributed by atoms with Crippen molar-refractivity contribution in [3.05, 3.63) is 35.1 Å². The van der Waals surface area contributed by atoms with Crippen molar-refractivity contribution < 1.29 is 4.39 Å². The van der Waals surface area contributed by atoms with Crippen molar-refractivity contribution in [3.8, 4) is 0 Å². The lowest BCUT2D eigenvalue weighted by Gasteiger charge is -2.28. The molecule has 0 saturated carbocycles. The third-order valence-corrected chi connectivity index (χ3v) is 4.02. The summed E-state index contributed by atoms with van der Waals surface area (Å²) in [7, 11) is 2.00. The van der Waals surface area contributed by atoms with Gasteiger partial charge in [0, 0.05) is 6.04 Å². The fourth-order valence-electron chi connectivity index (χ4n) is 3.09. The van der Waals surface area contributed by atoms with Gasteiger partial charge in [0.05, 0.1) is 0 Å². The summed E-state index contributed by atoms with van der Waals surface area (Å²) in [5.41, 5.74) is 2.01. The second-order valence-electron chi connectivity index (χ2n) is 5.19. The Kier molecular flexibility index (Phi) is 4.36. The fourth-order valence-corrected chi connectivity index (χ4v) is 3.09. The van der Waals surface area contributed by atoms with E-state index in [2.05, 4.69) is 17.1 Å². The van der Waals surface area contributed by atoms with E-state index in [1.807, 2.05) is 26.1 Å². The van der Waals surface area contributed by atoms with Gasteiger partial charge in [0.25, 0.3) is 0 Å². The first-order chi connectivity index (χ1) is 8.67. The predicted octanol–water partition coefficient (Wildman–Crippen LogP) is 2.74. The molecule has 0 spiro atoms. The average molecular weight is 250 g/mol. The van der Waals surface area contributed by atoms with Crippen molar-refractivity contribution in [1.82, 2.24) is 10.2 Å². The third-order valence-electron chi connectivity index (χ3n) is 4.02. The predicted molar refractivity (Wildman–Crippen MR) is 73.2 cm³/mol. The van der Waals surface area contributed by atoms with Gasteiger partial charge in [-0.05, 0) is 63.1 Å². The number of nitrogens with zero attached hydrogens (tertiary/aromatic N) is 1. The van der Waals surface area contributed by atoms with E-state index in [1.54, 1.807) is 6.07 Å². The van der Waals surface area contributed by atoms with Gasteiger partial charge in [0.1, 0.15) is 5.82 Å². The largest absolute Gasteiger partial charge is 0.319 e. The summed E-state index contributed by atoms with van der Waals surface area (Å²) >= 11 is 0. The Labute approximate surface area is 109 Å². The van der Waals surface area contributed by atoms with Gasteiger partial charge < -0.3 is 5.32 Å². The zero-order chi connectivity index (χ0) is 13.1. The molecule has 2 unspecified atom stereocenters. The Hall–Kier alpha value is -0.930. The summed E-state index contributed by atoms with van der Waals surface area (Å²) in [4.78, 5) is 2.49. The molecule has 1 saturated heterocycles. The summed E-state index contributed by atoms with van der Waals surface area (Å²) in [6.07, 6.45) is 1.22. The smallest absolute Gasteiger partial charge is 0.126 e. The molecule has 1 aliphatic rings. The van der Waals surface area contributed by atoms with E-state index in [0.29, 0.717) is 12.0 Å². The highest BCUT2D eigenvalue weighted by atomic mass is 19.1. The van der Waals surface area contributed by atoms with Crippen LogP contribution in [0, 0.1) is 18.7 Å². The van der Waals surface area contributed by atoms with Crippen LogP contribution >= 0.6 is 0 Å². The maximum absolute atomic E-state index is 13.4. The van der Waals surface area contributed by atoms with E-state index in [0.717, 1.165) is 25.2 Å². The topological polar surface area (TPSA) is 15.3 Å². The lowest BCUT2D eigenvalue weighted by molar-refractivity contribution is 0.238. The monoisotopic (exact) mass is 250 g/mol. The van der Waals surface area contributed by atoms with Gasteiger partial charge >= 0.3 is 0 Å². The van der Waals surface area contributed by atoms with E-state index >= 15 is 0 Å². The van der Waals surface area contributed by atoms with Crippen LogP contribution in [0.15, 0.2) is 18.2 Å². The fraction of sp³-hybridized carbons (Fsp3) is 0.600. The molecule has 2 atom stereocenters. The van der Waals surface area contributed by atoms with Crippen molar-refractivity contribution in [2.24, 2.45) is 5.92 Å². The van der Waals surface area contributed by atoms with Gasteiger partial charge in [0.15, 0.2) is 0 Å². The Balaban J connectivity index is 2.28. The van der Waals surface area contributed by atoms with Crippen LogP contribution in [0.3, 0.4) is 0 Å². The number of likely N-dealkylation sites (tertiary alicyclic amines) is 1. The number of hydrogen-bond donors (Lipinski definition) is 1. The van der Waals surface area contributed by atoms with Gasteiger partial charge in [-0.1, -0.05) is 19.1 Å². The van der Waals surface area contributed by atoms with E-state index in [4.69, 9.17) is 0 Å². The SMILES string of the molecule is CCN1CCC(CNC)C1c1ccc(F)c(C)c1. The van der Waals surface area contributed by atoms with Crippen LogP contribution in [0.5, 0.6) is 0 Å². The summed E-state index contributed by atoms with van der Waals surface area (Å²) in [5.74, 6) is 0.518. The summed E-state index contributed by atoms with van der Waals surface area (Å²) in [5, 5.41) is 3.28. The first-order valence-electron chi connectivity index (χ1n) is 6.82. The third kappa shape index (κ3) is 2.57. The molecule has 2 rings (SSSR count). The molecule has 1 heterocycles. The molecule has 0 radical (unpaired) electrons. The molecule has 3 heteroatoms. The highest BCUT2D eigenvalue weighted by Crippen LogP contribution is 2.37. The molecular formula is C15H23FN2. The normalized spacial score (nSPS) is 24.7. The number of hydrogen-bond acceptors (Lipinski definition) is 2. The summed E-state index contributed by atoms with van der Waals surface area (Å²) in [6.45, 7) is 7.27. The molecule has 1 N–H and O–H groups in total. The highest BCUT2D eigenvalue weighted by Gasteiger charge is 2.33. The number of nitrogens with one attached hydrogen (secondary N) is 1. The van der Waals surface area contributed by atoms with E-state index < -0.39 is 0 Å². The van der Waals surface area contributed by atoms with Crippen LogP contribution < -0.4 is 5.32 Å². The minimum Gasteiger partial charge on any atom is -0.319 e. The lowest BCUT2D eigenvalue weighted by atomic mass is 9.92. The van der Waals surface area contributed by atoms with Crippen molar-refractivity contribution >= 4 is 0 Å². The summed E-state index contributed by atoms with van der Waals surface area (Å²) in [6, 6.07) is 6.00. The minimum absolute atomic E-state index is 0.107. The van der Waals surface area contributed by atoms with E-state index in [1.165, 1.54) is 12.0 Å². The quantitative estimate of drug-likeness (QED) is 0.884. The van der Waals surface area contributed by atoms with Gasteiger partial charge in [-0.3, -0.25) is 4.90 Å². The first kappa shape index (κ1) is 13.5. The van der Waals surface area contributed by atoms with Crippen molar-refractivity contribution in [1.29, 1.82) is 0 Å². The molecule has 0 aliphatic carbocycles. The number of benzene rings is 1. The Morgan fingerprint density at radius 2 is 2.22 bits per heavy atom. The molecule has 1 aliphatic heterocycles. The summed E-state index contributed by atoms with van der Waals surface area (Å²) < 4.78 is 13.4. The molecule has 0 bridgehead atoms. The van der Waals surface area contributed by atoms with Crippen molar-refractivity contribution in [2.75, 3.05) is 26.7 Å². The van der Waals surface area contributed by atoms with Crippen LogP contribution in [0.1, 0.15) is 30.5 Å². The minimum atomic E-state index is -0.107. The zero-order valence-electron chi connectivity index (χ0n) is 11.5. The standard InChI is InChI=1S/C15H23FN2/c1-4-18-8-7-13(10-17-3)15(18)12-5-6-14(16)11(2)9-12/h5-6,9,13,15,17H,4,7-8,10H2,1-3H3.